The van der Waals surface area contributed by atoms with E-state index >= 15 is 0 Å². The highest BCUT2D eigenvalue weighted by Crippen LogP contribution is 2.32. The molecule has 1 unspecified atom stereocenters. The van der Waals surface area contributed by atoms with Crippen LogP contribution in [0, 0.1) is 6.92 Å². The molecule has 5 rings (SSSR count). The lowest BCUT2D eigenvalue weighted by atomic mass is 9.94. The van der Waals surface area contributed by atoms with Gasteiger partial charge in [-0.05, 0) is 42.2 Å². The number of halogens is 1. The van der Waals surface area contributed by atoms with Gasteiger partial charge in [0, 0.05) is 29.5 Å². The lowest BCUT2D eigenvalue weighted by Crippen LogP contribution is -2.47. The quantitative estimate of drug-likeness (QED) is 0.492. The SMILES string of the molecule is Cc1nn(Cc2ccccc2Cl)c2sc(C(=O)N3Cc4ccccc4CC3CN)cc12. The molecule has 4 aromatic rings. The van der Waals surface area contributed by atoms with Gasteiger partial charge in [0.1, 0.15) is 4.83 Å². The van der Waals surface area contributed by atoms with Crippen LogP contribution >= 0.6 is 22.9 Å². The number of carbonyl (C=O) groups excluding carboxylic acids is 1. The monoisotopic (exact) mass is 450 g/mol. The minimum Gasteiger partial charge on any atom is -0.329 e. The molecular weight excluding hydrogens is 428 g/mol. The Labute approximate surface area is 190 Å². The molecule has 2 aromatic heterocycles. The molecule has 0 radical (unpaired) electrons. The highest BCUT2D eigenvalue weighted by molar-refractivity contribution is 7.20. The standard InChI is InChI=1S/C24H23ClN4OS/c1-15-20-11-22(31-24(20)29(27-15)14-18-8-4-5-9-21(18)25)23(30)28-13-17-7-3-2-6-16(17)10-19(28)12-26/h2-9,11,19H,10,12-14,26H2,1H3. The van der Waals surface area contributed by atoms with E-state index < -0.39 is 0 Å². The van der Waals surface area contributed by atoms with Crippen LogP contribution in [0.3, 0.4) is 0 Å². The fourth-order valence-electron chi connectivity index (χ4n) is 4.29. The summed E-state index contributed by atoms with van der Waals surface area (Å²) in [7, 11) is 0. The normalized spacial score (nSPS) is 16.0. The Bertz CT molecular complexity index is 1280. The molecule has 1 aliphatic heterocycles. The number of nitrogens with two attached hydrogens (primary N) is 1. The third-order valence-electron chi connectivity index (χ3n) is 5.98. The van der Waals surface area contributed by atoms with Crippen molar-refractivity contribution in [3.8, 4) is 0 Å². The average Bonchev–Trinajstić information content (AvgIpc) is 3.35. The van der Waals surface area contributed by atoms with Crippen LogP contribution in [0.4, 0.5) is 0 Å². The molecular formula is C24H23ClN4OS. The first kappa shape index (κ1) is 20.2. The van der Waals surface area contributed by atoms with Crippen LogP contribution < -0.4 is 5.73 Å². The second-order valence-corrected chi connectivity index (χ2v) is 9.40. The molecule has 2 aromatic carbocycles. The molecule has 0 saturated heterocycles. The summed E-state index contributed by atoms with van der Waals surface area (Å²) in [4.78, 5) is 17.1. The van der Waals surface area contributed by atoms with Gasteiger partial charge in [-0.1, -0.05) is 54.1 Å². The molecule has 5 nitrogen and oxygen atoms in total. The third kappa shape index (κ3) is 3.65. The van der Waals surface area contributed by atoms with E-state index in [0.717, 1.165) is 37.8 Å². The number of aromatic nitrogens is 2. The van der Waals surface area contributed by atoms with Crippen molar-refractivity contribution in [2.75, 3.05) is 6.54 Å². The Hall–Kier alpha value is -2.67. The molecule has 31 heavy (non-hydrogen) atoms. The molecule has 0 aliphatic carbocycles. The van der Waals surface area contributed by atoms with Crippen LogP contribution in [0.5, 0.6) is 0 Å². The van der Waals surface area contributed by atoms with Gasteiger partial charge < -0.3 is 10.6 Å². The maximum absolute atomic E-state index is 13.5. The minimum absolute atomic E-state index is 0.00772. The Morgan fingerprint density at radius 1 is 1.19 bits per heavy atom. The molecule has 2 N–H and O–H groups in total. The summed E-state index contributed by atoms with van der Waals surface area (Å²) in [6, 6.07) is 18.1. The highest BCUT2D eigenvalue weighted by Gasteiger charge is 2.30. The van der Waals surface area contributed by atoms with E-state index in [1.807, 2.05) is 59.0 Å². The van der Waals surface area contributed by atoms with Crippen molar-refractivity contribution in [2.45, 2.75) is 32.5 Å². The zero-order chi connectivity index (χ0) is 21.5. The number of hydrogen-bond acceptors (Lipinski definition) is 4. The van der Waals surface area contributed by atoms with Crippen LogP contribution in [0.2, 0.25) is 5.02 Å². The van der Waals surface area contributed by atoms with Gasteiger partial charge >= 0.3 is 0 Å². The van der Waals surface area contributed by atoms with E-state index in [-0.39, 0.29) is 11.9 Å². The molecule has 7 heteroatoms. The summed E-state index contributed by atoms with van der Waals surface area (Å²) >= 11 is 7.84. The van der Waals surface area contributed by atoms with Crippen molar-refractivity contribution in [2.24, 2.45) is 5.73 Å². The van der Waals surface area contributed by atoms with E-state index in [1.54, 1.807) is 0 Å². The lowest BCUT2D eigenvalue weighted by molar-refractivity contribution is 0.0653. The van der Waals surface area contributed by atoms with Crippen molar-refractivity contribution >= 4 is 39.1 Å². The van der Waals surface area contributed by atoms with Crippen molar-refractivity contribution in [3.05, 3.63) is 86.9 Å². The number of rotatable bonds is 4. The largest absolute Gasteiger partial charge is 0.329 e. The Morgan fingerprint density at radius 3 is 2.71 bits per heavy atom. The summed E-state index contributed by atoms with van der Waals surface area (Å²) in [6.07, 6.45) is 0.794. The van der Waals surface area contributed by atoms with Crippen LogP contribution in [-0.2, 0) is 19.5 Å². The molecule has 1 amide bonds. The summed E-state index contributed by atoms with van der Waals surface area (Å²) in [6.45, 7) is 3.59. The molecule has 1 atom stereocenters. The number of nitrogens with zero attached hydrogens (tertiary/aromatic N) is 3. The van der Waals surface area contributed by atoms with Crippen molar-refractivity contribution in [3.63, 3.8) is 0 Å². The van der Waals surface area contributed by atoms with Gasteiger partial charge in [-0.3, -0.25) is 9.48 Å². The number of amides is 1. The number of thiophene rings is 1. The third-order valence-corrected chi connectivity index (χ3v) is 7.49. The molecule has 0 bridgehead atoms. The van der Waals surface area contributed by atoms with E-state index in [2.05, 4.69) is 17.2 Å². The van der Waals surface area contributed by atoms with Crippen molar-refractivity contribution < 1.29 is 4.79 Å². The van der Waals surface area contributed by atoms with Crippen molar-refractivity contribution in [1.29, 1.82) is 0 Å². The Kier molecular flexibility index (Phi) is 5.30. The fourth-order valence-corrected chi connectivity index (χ4v) is 5.60. The highest BCUT2D eigenvalue weighted by atomic mass is 35.5. The fraction of sp³-hybridized carbons (Fsp3) is 0.250. The molecule has 158 valence electrons. The number of carbonyl (C=O) groups is 1. The van der Waals surface area contributed by atoms with Gasteiger partial charge in [-0.2, -0.15) is 5.10 Å². The van der Waals surface area contributed by atoms with Gasteiger partial charge in [0.2, 0.25) is 0 Å². The van der Waals surface area contributed by atoms with Gasteiger partial charge in [-0.25, -0.2) is 0 Å². The Morgan fingerprint density at radius 2 is 1.94 bits per heavy atom. The summed E-state index contributed by atoms with van der Waals surface area (Å²) in [5, 5.41) is 6.42. The molecule has 1 aliphatic rings. The van der Waals surface area contributed by atoms with Crippen LogP contribution in [0.1, 0.15) is 32.1 Å². The summed E-state index contributed by atoms with van der Waals surface area (Å²) in [5.41, 5.74) is 10.5. The van der Waals surface area contributed by atoms with Gasteiger partial charge in [0.05, 0.1) is 17.1 Å². The number of fused-ring (bicyclic) bond motifs is 2. The van der Waals surface area contributed by atoms with Gasteiger partial charge in [0.25, 0.3) is 5.91 Å². The van der Waals surface area contributed by atoms with E-state index in [0.29, 0.717) is 19.6 Å². The summed E-state index contributed by atoms with van der Waals surface area (Å²) < 4.78 is 1.94. The van der Waals surface area contributed by atoms with Gasteiger partial charge in [-0.15, -0.1) is 11.3 Å². The minimum atomic E-state index is 0.00772. The predicted octanol–water partition coefficient (Wildman–Crippen LogP) is 4.63. The van der Waals surface area contributed by atoms with E-state index in [1.165, 1.54) is 22.5 Å². The maximum atomic E-state index is 13.5. The van der Waals surface area contributed by atoms with E-state index in [4.69, 9.17) is 17.3 Å². The smallest absolute Gasteiger partial charge is 0.264 e. The summed E-state index contributed by atoms with van der Waals surface area (Å²) in [5.74, 6) is 0.0369. The van der Waals surface area contributed by atoms with Gasteiger partial charge in [0.15, 0.2) is 0 Å². The van der Waals surface area contributed by atoms with Crippen LogP contribution in [0.25, 0.3) is 10.2 Å². The molecule has 0 fully saturated rings. The first-order valence-electron chi connectivity index (χ1n) is 10.3. The number of aryl methyl sites for hydroxylation is 1. The lowest BCUT2D eigenvalue weighted by Gasteiger charge is -2.36. The predicted molar refractivity (Wildman–Crippen MR) is 126 cm³/mol. The topological polar surface area (TPSA) is 64.2 Å². The zero-order valence-corrected chi connectivity index (χ0v) is 18.8. The maximum Gasteiger partial charge on any atom is 0.264 e. The first-order chi connectivity index (χ1) is 15.0. The van der Waals surface area contributed by atoms with Crippen molar-refractivity contribution in [1.82, 2.24) is 14.7 Å². The number of hydrogen-bond donors (Lipinski definition) is 1. The zero-order valence-electron chi connectivity index (χ0n) is 17.2. The molecule has 0 saturated carbocycles. The van der Waals surface area contributed by atoms with Crippen LogP contribution in [0.15, 0.2) is 54.6 Å². The Balaban J connectivity index is 1.48. The molecule has 3 heterocycles. The van der Waals surface area contributed by atoms with E-state index in [9.17, 15) is 4.79 Å². The second kappa shape index (κ2) is 8.11. The number of benzene rings is 2. The first-order valence-corrected chi connectivity index (χ1v) is 11.5. The average molecular weight is 451 g/mol. The van der Waals surface area contributed by atoms with Crippen LogP contribution in [-0.4, -0.2) is 33.2 Å². The molecule has 0 spiro atoms. The second-order valence-electron chi connectivity index (χ2n) is 7.96.